The minimum absolute atomic E-state index is 0.00941. The van der Waals surface area contributed by atoms with Crippen molar-refractivity contribution >= 4 is 34.5 Å². The Hall–Kier alpha value is -3.18. The Labute approximate surface area is 179 Å². The highest BCUT2D eigenvalue weighted by molar-refractivity contribution is 8.04. The molecule has 1 N–H and O–H groups in total. The van der Waals surface area contributed by atoms with Crippen LogP contribution in [-0.4, -0.2) is 47.3 Å². The van der Waals surface area contributed by atoms with Crippen LogP contribution in [0.5, 0.6) is 5.75 Å². The number of carbonyl (C=O) groups excluding carboxylic acids is 2. The lowest BCUT2D eigenvalue weighted by Crippen LogP contribution is -2.29. The number of esters is 1. The van der Waals surface area contributed by atoms with Gasteiger partial charge in [0.1, 0.15) is 23.5 Å². The third kappa shape index (κ3) is 4.21. The van der Waals surface area contributed by atoms with E-state index in [9.17, 15) is 14.9 Å². The average Bonchev–Trinajstić information content (AvgIpc) is 3.31. The molecule has 2 heterocycles. The van der Waals surface area contributed by atoms with Gasteiger partial charge in [-0.1, -0.05) is 24.4 Å². The molecule has 7 nitrogen and oxygen atoms in total. The predicted octanol–water partition coefficient (Wildman–Crippen LogP) is 3.54. The number of hydrogen-bond donors (Lipinski definition) is 1. The van der Waals surface area contributed by atoms with Crippen molar-refractivity contribution in [2.45, 2.75) is 25.0 Å². The van der Waals surface area contributed by atoms with E-state index in [1.54, 1.807) is 7.11 Å². The van der Waals surface area contributed by atoms with E-state index in [2.05, 4.69) is 11.6 Å². The predicted molar refractivity (Wildman–Crippen MR) is 116 cm³/mol. The van der Waals surface area contributed by atoms with Gasteiger partial charge in [-0.05, 0) is 43.5 Å². The number of amides is 1. The summed E-state index contributed by atoms with van der Waals surface area (Å²) in [5.74, 6) is -0.0662. The molecule has 2 aromatic rings. The van der Waals surface area contributed by atoms with Crippen LogP contribution in [0.1, 0.15) is 18.9 Å². The number of H-pyrrole nitrogens is 1. The summed E-state index contributed by atoms with van der Waals surface area (Å²) in [6.45, 7) is 5.70. The molecule has 1 aromatic heterocycles. The molecule has 0 saturated carbocycles. The lowest BCUT2D eigenvalue weighted by molar-refractivity contribution is -0.137. The average molecular weight is 426 g/mol. The zero-order valence-corrected chi connectivity index (χ0v) is 17.8. The monoisotopic (exact) mass is 425 g/mol. The zero-order chi connectivity index (χ0) is 21.7. The second-order valence-electron chi connectivity index (χ2n) is 6.63. The fourth-order valence-electron chi connectivity index (χ4n) is 3.36. The summed E-state index contributed by atoms with van der Waals surface area (Å²) in [6, 6.07) is 7.72. The Morgan fingerprint density at radius 3 is 2.93 bits per heavy atom. The number of nitrogens with zero attached hydrogens (tertiary/aromatic N) is 2. The number of methoxy groups -OCH3 is 1. The third-order valence-corrected chi connectivity index (χ3v) is 6.24. The van der Waals surface area contributed by atoms with Gasteiger partial charge in [0.15, 0.2) is 5.57 Å². The van der Waals surface area contributed by atoms with Gasteiger partial charge >= 0.3 is 5.97 Å². The van der Waals surface area contributed by atoms with E-state index in [0.717, 1.165) is 22.2 Å². The maximum Gasteiger partial charge on any atom is 0.351 e. The molecular weight excluding hydrogens is 402 g/mol. The number of rotatable bonds is 8. The van der Waals surface area contributed by atoms with E-state index >= 15 is 0 Å². The second kappa shape index (κ2) is 9.55. The number of benzene rings is 1. The first kappa shape index (κ1) is 21.5. The number of nitriles is 1. The summed E-state index contributed by atoms with van der Waals surface area (Å²) < 4.78 is 10.3. The van der Waals surface area contributed by atoms with Crippen LogP contribution in [0, 0.1) is 11.3 Å². The van der Waals surface area contributed by atoms with Crippen LogP contribution in [0.3, 0.4) is 0 Å². The summed E-state index contributed by atoms with van der Waals surface area (Å²) in [5.41, 5.74) is 1.95. The first-order chi connectivity index (χ1) is 14.5. The molecule has 0 bridgehead atoms. The molecule has 1 unspecified atom stereocenters. The van der Waals surface area contributed by atoms with E-state index < -0.39 is 5.97 Å². The van der Waals surface area contributed by atoms with Crippen LogP contribution in [-0.2, 0) is 20.7 Å². The molecule has 0 aliphatic carbocycles. The lowest BCUT2D eigenvalue weighted by atomic mass is 10.1. The van der Waals surface area contributed by atoms with Crippen LogP contribution in [0.4, 0.5) is 0 Å². The quantitative estimate of drug-likeness (QED) is 0.301. The second-order valence-corrected chi connectivity index (χ2v) is 7.82. The van der Waals surface area contributed by atoms with Crippen LogP contribution < -0.4 is 4.74 Å². The molecule has 1 aromatic carbocycles. The summed E-state index contributed by atoms with van der Waals surface area (Å²) >= 11 is 1.25. The van der Waals surface area contributed by atoms with Gasteiger partial charge in [0, 0.05) is 23.6 Å². The number of aromatic amines is 1. The highest BCUT2D eigenvalue weighted by atomic mass is 32.2. The van der Waals surface area contributed by atoms with E-state index in [0.29, 0.717) is 24.4 Å². The molecule has 3 rings (SSSR count). The van der Waals surface area contributed by atoms with Gasteiger partial charge in [-0.3, -0.25) is 4.79 Å². The fourth-order valence-corrected chi connectivity index (χ4v) is 4.69. The van der Waals surface area contributed by atoms with Crippen molar-refractivity contribution in [3.8, 4) is 11.8 Å². The number of aryl methyl sites for hydroxylation is 1. The van der Waals surface area contributed by atoms with E-state index in [4.69, 9.17) is 9.47 Å². The molecule has 1 saturated heterocycles. The maximum atomic E-state index is 12.9. The summed E-state index contributed by atoms with van der Waals surface area (Å²) in [5, 5.41) is 10.5. The van der Waals surface area contributed by atoms with Crippen molar-refractivity contribution in [1.82, 2.24) is 9.88 Å². The van der Waals surface area contributed by atoms with Gasteiger partial charge in [-0.25, -0.2) is 4.79 Å². The number of thioether (sulfide) groups is 1. The zero-order valence-electron chi connectivity index (χ0n) is 16.9. The normalized spacial score (nSPS) is 17.7. The van der Waals surface area contributed by atoms with Gasteiger partial charge in [0.05, 0.1) is 12.4 Å². The number of nitrogens with one attached hydrogen (secondary N) is 1. The highest BCUT2D eigenvalue weighted by Crippen LogP contribution is 2.39. The van der Waals surface area contributed by atoms with Crippen LogP contribution in [0.15, 0.2) is 47.7 Å². The van der Waals surface area contributed by atoms with Crippen molar-refractivity contribution in [3.63, 3.8) is 0 Å². The largest absolute Gasteiger partial charge is 0.497 e. The van der Waals surface area contributed by atoms with Gasteiger partial charge < -0.3 is 19.4 Å². The van der Waals surface area contributed by atoms with Crippen LogP contribution in [0.25, 0.3) is 10.9 Å². The van der Waals surface area contributed by atoms with Crippen molar-refractivity contribution in [3.05, 3.63) is 53.2 Å². The van der Waals surface area contributed by atoms with Gasteiger partial charge in [-0.15, -0.1) is 0 Å². The molecule has 156 valence electrons. The van der Waals surface area contributed by atoms with Gasteiger partial charge in [0.2, 0.25) is 5.91 Å². The number of hydrogen-bond acceptors (Lipinski definition) is 6. The fraction of sp³-hybridized carbons (Fsp3) is 0.318. The minimum atomic E-state index is -0.740. The maximum absolute atomic E-state index is 12.9. The number of ether oxygens (including phenoxy) is 2. The number of carbonyl (C=O) groups is 2. The number of aromatic nitrogens is 1. The van der Waals surface area contributed by atoms with Crippen LogP contribution in [0.2, 0.25) is 0 Å². The van der Waals surface area contributed by atoms with Crippen molar-refractivity contribution in [2.24, 2.45) is 0 Å². The molecule has 30 heavy (non-hydrogen) atoms. The van der Waals surface area contributed by atoms with Crippen molar-refractivity contribution in [1.29, 1.82) is 5.26 Å². The topological polar surface area (TPSA) is 95.4 Å². The Balaban J connectivity index is 1.80. The summed E-state index contributed by atoms with van der Waals surface area (Å²) in [4.78, 5) is 29.8. The van der Waals surface area contributed by atoms with Crippen molar-refractivity contribution in [2.75, 3.05) is 20.3 Å². The third-order valence-electron chi connectivity index (χ3n) is 4.87. The highest BCUT2D eigenvalue weighted by Gasteiger charge is 2.39. The standard InChI is InChI=1S/C22H23N3O4S/c1-4-10-29-22(27)17(12-23)21-25(5-2)20(26)19(30-21)9-6-14-13-24-18-8-7-15(28-3)11-16(14)18/h4,7-8,11,13,19,24H,1,5-6,9-10H2,2-3H3. The number of fused-ring (bicyclic) bond motifs is 1. The Morgan fingerprint density at radius 2 is 2.27 bits per heavy atom. The molecule has 1 amide bonds. The van der Waals surface area contributed by atoms with E-state index in [1.807, 2.05) is 37.4 Å². The van der Waals surface area contributed by atoms with Gasteiger partial charge in [-0.2, -0.15) is 5.26 Å². The van der Waals surface area contributed by atoms with E-state index in [-0.39, 0.29) is 23.3 Å². The lowest BCUT2D eigenvalue weighted by Gasteiger charge is -2.15. The van der Waals surface area contributed by atoms with Crippen LogP contribution >= 0.6 is 11.8 Å². The summed E-state index contributed by atoms with van der Waals surface area (Å²) in [7, 11) is 1.63. The minimum Gasteiger partial charge on any atom is -0.497 e. The smallest absolute Gasteiger partial charge is 0.351 e. The molecule has 0 spiro atoms. The first-order valence-electron chi connectivity index (χ1n) is 9.58. The molecule has 1 aliphatic rings. The van der Waals surface area contributed by atoms with E-state index in [1.165, 1.54) is 22.7 Å². The molecule has 8 heteroatoms. The summed E-state index contributed by atoms with van der Waals surface area (Å²) in [6.07, 6.45) is 4.62. The first-order valence-corrected chi connectivity index (χ1v) is 10.5. The molecule has 1 fully saturated rings. The Morgan fingerprint density at radius 1 is 1.47 bits per heavy atom. The van der Waals surface area contributed by atoms with Crippen molar-refractivity contribution < 1.29 is 19.1 Å². The molecule has 1 aliphatic heterocycles. The molecule has 1 atom stereocenters. The Kier molecular flexibility index (Phi) is 6.85. The Bertz CT molecular complexity index is 1050. The SMILES string of the molecule is C=CCOC(=O)C(C#N)=C1SC(CCc2c[nH]c3ccc(OC)cc23)C(=O)N1CC. The molecular formula is C22H23N3O4S. The van der Waals surface area contributed by atoms with Gasteiger partial charge in [0.25, 0.3) is 0 Å². The molecule has 0 radical (unpaired) electrons.